The highest BCUT2D eigenvalue weighted by Gasteiger charge is 2.32. The Hall–Kier alpha value is -2.07. The summed E-state index contributed by atoms with van der Waals surface area (Å²) in [6.07, 6.45) is 1.01. The summed E-state index contributed by atoms with van der Waals surface area (Å²) < 4.78 is 27.1. The number of benzene rings is 1. The number of anilines is 1. The van der Waals surface area contributed by atoms with E-state index in [0.717, 1.165) is 16.8 Å². The molecule has 2 aromatic heterocycles. The van der Waals surface area contributed by atoms with Gasteiger partial charge in [0.15, 0.2) is 5.13 Å². The minimum absolute atomic E-state index is 0.0929. The van der Waals surface area contributed by atoms with Gasteiger partial charge in [-0.05, 0) is 43.7 Å². The Bertz CT molecular complexity index is 1150. The molecule has 0 radical (unpaired) electrons. The number of sulfonamides is 1. The summed E-state index contributed by atoms with van der Waals surface area (Å²) in [5.41, 5.74) is 4.26. The van der Waals surface area contributed by atoms with Gasteiger partial charge in [-0.1, -0.05) is 29.8 Å². The Morgan fingerprint density at radius 3 is 2.60 bits per heavy atom. The normalized spacial score (nSPS) is 15.9. The average Bonchev–Trinajstić information content (AvgIpc) is 3.41. The number of thiophene rings is 1. The molecule has 9 heteroatoms. The number of amides is 1. The van der Waals surface area contributed by atoms with Crippen LogP contribution in [-0.4, -0.2) is 36.7 Å². The van der Waals surface area contributed by atoms with E-state index in [0.29, 0.717) is 35.3 Å². The van der Waals surface area contributed by atoms with Gasteiger partial charge >= 0.3 is 0 Å². The largest absolute Gasteiger partial charge is 0.302 e. The number of piperidine rings is 1. The summed E-state index contributed by atoms with van der Waals surface area (Å²) in [5, 5.41) is 7.19. The minimum Gasteiger partial charge on any atom is -0.302 e. The van der Waals surface area contributed by atoms with Crippen molar-refractivity contribution in [2.45, 2.75) is 30.9 Å². The second kappa shape index (κ2) is 8.58. The van der Waals surface area contributed by atoms with Crippen LogP contribution in [-0.2, 0) is 14.8 Å². The molecular weight excluding hydrogens is 438 g/mol. The van der Waals surface area contributed by atoms with Gasteiger partial charge in [-0.25, -0.2) is 13.4 Å². The molecule has 3 aromatic rings. The first-order valence-electron chi connectivity index (χ1n) is 9.72. The van der Waals surface area contributed by atoms with Crippen LogP contribution in [0.3, 0.4) is 0 Å². The molecule has 158 valence electrons. The second-order valence-corrected chi connectivity index (χ2v) is 11.4. The number of carbonyl (C=O) groups excluding carboxylic acids is 1. The lowest BCUT2D eigenvalue weighted by atomic mass is 9.97. The van der Waals surface area contributed by atoms with E-state index in [9.17, 15) is 13.2 Å². The van der Waals surface area contributed by atoms with Gasteiger partial charge < -0.3 is 5.32 Å². The fraction of sp³-hybridized carbons (Fsp3) is 0.333. The van der Waals surface area contributed by atoms with E-state index in [1.54, 1.807) is 17.5 Å². The van der Waals surface area contributed by atoms with E-state index in [2.05, 4.69) is 42.3 Å². The number of carbonyl (C=O) groups is 1. The third-order valence-electron chi connectivity index (χ3n) is 5.31. The van der Waals surface area contributed by atoms with Crippen LogP contribution >= 0.6 is 22.7 Å². The Morgan fingerprint density at radius 2 is 1.93 bits per heavy atom. The van der Waals surface area contributed by atoms with Gasteiger partial charge in [-0.15, -0.1) is 22.7 Å². The van der Waals surface area contributed by atoms with Crippen LogP contribution in [0.15, 0.2) is 45.3 Å². The summed E-state index contributed by atoms with van der Waals surface area (Å²) in [6.45, 7) is 4.81. The Labute approximate surface area is 184 Å². The standard InChI is InChI=1S/C21H23N3O3S3/c1-14-5-6-17(15(2)12-14)18-13-29-21(22-18)23-20(25)16-7-9-24(10-8-16)30(26,27)19-4-3-11-28-19/h3-6,11-13,16H,7-10H2,1-2H3,(H,22,23,25). The minimum atomic E-state index is -3.45. The highest BCUT2D eigenvalue weighted by molar-refractivity contribution is 7.91. The van der Waals surface area contributed by atoms with Gasteiger partial charge in [0.05, 0.1) is 5.69 Å². The number of rotatable bonds is 5. The third kappa shape index (κ3) is 4.34. The molecule has 0 unspecified atom stereocenters. The lowest BCUT2D eigenvalue weighted by Crippen LogP contribution is -2.41. The number of hydrogen-bond acceptors (Lipinski definition) is 6. The topological polar surface area (TPSA) is 79.4 Å². The van der Waals surface area contributed by atoms with Gasteiger partial charge in [-0.3, -0.25) is 4.79 Å². The van der Waals surface area contributed by atoms with Gasteiger partial charge in [0.25, 0.3) is 10.0 Å². The van der Waals surface area contributed by atoms with Crippen molar-refractivity contribution in [2.24, 2.45) is 5.92 Å². The van der Waals surface area contributed by atoms with Crippen LogP contribution in [0.4, 0.5) is 5.13 Å². The maximum atomic E-state index is 12.7. The molecule has 4 rings (SSSR count). The Kier molecular flexibility index (Phi) is 6.06. The first-order chi connectivity index (χ1) is 14.3. The molecule has 3 heterocycles. The maximum absolute atomic E-state index is 12.7. The zero-order valence-electron chi connectivity index (χ0n) is 16.8. The van der Waals surface area contributed by atoms with Gasteiger partial charge in [0, 0.05) is 30.0 Å². The van der Waals surface area contributed by atoms with Crippen molar-refractivity contribution in [1.82, 2.24) is 9.29 Å². The molecule has 0 aliphatic carbocycles. The second-order valence-electron chi connectivity index (χ2n) is 7.46. The number of hydrogen-bond donors (Lipinski definition) is 1. The molecule has 1 N–H and O–H groups in total. The summed E-state index contributed by atoms with van der Waals surface area (Å²) in [7, 11) is -3.45. The molecule has 1 aliphatic rings. The zero-order valence-corrected chi connectivity index (χ0v) is 19.2. The van der Waals surface area contributed by atoms with Crippen molar-refractivity contribution >= 4 is 43.7 Å². The number of aryl methyl sites for hydroxylation is 2. The number of thiazole rings is 1. The van der Waals surface area contributed by atoms with Crippen LogP contribution in [0.5, 0.6) is 0 Å². The summed E-state index contributed by atoms with van der Waals surface area (Å²) >= 11 is 2.62. The summed E-state index contributed by atoms with van der Waals surface area (Å²) in [6, 6.07) is 9.57. The van der Waals surface area contributed by atoms with Crippen LogP contribution in [0, 0.1) is 19.8 Å². The molecule has 0 saturated carbocycles. The van der Waals surface area contributed by atoms with Crippen LogP contribution in [0.25, 0.3) is 11.3 Å². The number of aromatic nitrogens is 1. The molecule has 30 heavy (non-hydrogen) atoms. The highest BCUT2D eigenvalue weighted by Crippen LogP contribution is 2.30. The van der Waals surface area contributed by atoms with Crippen molar-refractivity contribution < 1.29 is 13.2 Å². The first-order valence-corrected chi connectivity index (χ1v) is 12.9. The van der Waals surface area contributed by atoms with E-state index in [1.807, 2.05) is 5.38 Å². The van der Waals surface area contributed by atoms with Gasteiger partial charge in [0.2, 0.25) is 5.91 Å². The monoisotopic (exact) mass is 461 g/mol. The van der Waals surface area contributed by atoms with E-state index >= 15 is 0 Å². The van der Waals surface area contributed by atoms with E-state index < -0.39 is 10.0 Å². The molecule has 1 aliphatic heterocycles. The van der Waals surface area contributed by atoms with Crippen LogP contribution in [0.1, 0.15) is 24.0 Å². The fourth-order valence-corrected chi connectivity index (χ4v) is 6.99. The molecule has 1 saturated heterocycles. The quantitative estimate of drug-likeness (QED) is 0.606. The highest BCUT2D eigenvalue weighted by atomic mass is 32.2. The predicted molar refractivity (Wildman–Crippen MR) is 121 cm³/mol. The smallest absolute Gasteiger partial charge is 0.252 e. The van der Waals surface area contributed by atoms with E-state index in [-0.39, 0.29) is 11.8 Å². The molecule has 1 amide bonds. The van der Waals surface area contributed by atoms with Gasteiger partial charge in [-0.2, -0.15) is 4.31 Å². The van der Waals surface area contributed by atoms with Crippen LogP contribution in [0.2, 0.25) is 0 Å². The molecular formula is C21H23N3O3S3. The van der Waals surface area contributed by atoms with Crippen molar-refractivity contribution in [2.75, 3.05) is 18.4 Å². The Morgan fingerprint density at radius 1 is 1.17 bits per heavy atom. The van der Waals surface area contributed by atoms with Crippen molar-refractivity contribution in [3.8, 4) is 11.3 Å². The fourth-order valence-electron chi connectivity index (χ4n) is 3.66. The molecule has 1 aromatic carbocycles. The SMILES string of the molecule is Cc1ccc(-c2csc(NC(=O)C3CCN(S(=O)(=O)c4cccs4)CC3)n2)c(C)c1. The van der Waals surface area contributed by atoms with Gasteiger partial charge in [0.1, 0.15) is 4.21 Å². The van der Waals surface area contributed by atoms with Crippen molar-refractivity contribution in [3.63, 3.8) is 0 Å². The number of nitrogens with zero attached hydrogens (tertiary/aromatic N) is 2. The zero-order chi connectivity index (χ0) is 21.3. The lowest BCUT2D eigenvalue weighted by molar-refractivity contribution is -0.120. The molecule has 0 atom stereocenters. The number of nitrogens with one attached hydrogen (secondary N) is 1. The maximum Gasteiger partial charge on any atom is 0.252 e. The van der Waals surface area contributed by atoms with Crippen molar-refractivity contribution in [3.05, 3.63) is 52.2 Å². The van der Waals surface area contributed by atoms with E-state index in [4.69, 9.17) is 0 Å². The first kappa shape index (κ1) is 21.2. The third-order valence-corrected chi connectivity index (χ3v) is 9.34. The average molecular weight is 462 g/mol. The van der Waals surface area contributed by atoms with Crippen LogP contribution < -0.4 is 5.32 Å². The van der Waals surface area contributed by atoms with Crippen molar-refractivity contribution in [1.29, 1.82) is 0 Å². The summed E-state index contributed by atoms with van der Waals surface area (Å²) in [5.74, 6) is -0.307. The molecule has 6 nitrogen and oxygen atoms in total. The molecule has 0 spiro atoms. The lowest BCUT2D eigenvalue weighted by Gasteiger charge is -2.29. The predicted octanol–water partition coefficient (Wildman–Crippen LogP) is 4.53. The molecule has 0 bridgehead atoms. The van der Waals surface area contributed by atoms with E-state index in [1.165, 1.54) is 32.5 Å². The molecule has 1 fully saturated rings. The summed E-state index contributed by atoms with van der Waals surface area (Å²) in [4.78, 5) is 17.3. The Balaban J connectivity index is 1.37.